The fourth-order valence-corrected chi connectivity index (χ4v) is 1.86. The van der Waals surface area contributed by atoms with Crippen LogP contribution in [0.25, 0.3) is 0 Å². The van der Waals surface area contributed by atoms with E-state index in [9.17, 15) is 0 Å². The maximum Gasteiger partial charge on any atom is 0.208 e. The molecule has 0 aliphatic carbocycles. The fourth-order valence-electron chi connectivity index (χ4n) is 0.854. The molecule has 0 saturated heterocycles. The van der Waals surface area contributed by atoms with E-state index in [1.54, 1.807) is 6.20 Å². The Bertz CT molecular complexity index is 443. The molecule has 0 aliphatic rings. The van der Waals surface area contributed by atoms with Crippen LogP contribution in [0.15, 0.2) is 12.5 Å². The Morgan fingerprint density at radius 3 is 3.00 bits per heavy atom. The van der Waals surface area contributed by atoms with E-state index in [1.165, 1.54) is 17.9 Å². The lowest BCUT2D eigenvalue weighted by atomic mass is 10.6. The van der Waals surface area contributed by atoms with Crippen LogP contribution >= 0.6 is 34.1 Å². The Balaban J connectivity index is 2.23. The Kier molecular flexibility index (Phi) is 2.87. The van der Waals surface area contributed by atoms with E-state index < -0.39 is 0 Å². The highest BCUT2D eigenvalue weighted by molar-refractivity contribution is 14.1. The zero-order valence-electron chi connectivity index (χ0n) is 7.23. The van der Waals surface area contributed by atoms with Crippen molar-refractivity contribution in [1.29, 1.82) is 0 Å². The summed E-state index contributed by atoms with van der Waals surface area (Å²) < 4.78 is 5.02. The molecule has 0 bridgehead atoms. The van der Waals surface area contributed by atoms with Crippen LogP contribution in [0.1, 0.15) is 5.82 Å². The number of rotatable bonds is 2. The molecule has 1 N–H and O–H groups in total. The maximum atomic E-state index is 4.18. The van der Waals surface area contributed by atoms with Gasteiger partial charge in [-0.1, -0.05) is 0 Å². The van der Waals surface area contributed by atoms with Crippen LogP contribution < -0.4 is 5.32 Å². The number of aryl methyl sites for hydroxylation is 1. The largest absolute Gasteiger partial charge is 0.314 e. The number of hydrogen-bond donors (Lipinski definition) is 1. The van der Waals surface area contributed by atoms with Gasteiger partial charge in [-0.2, -0.15) is 4.37 Å². The third-order valence-corrected chi connectivity index (χ3v) is 2.93. The van der Waals surface area contributed by atoms with Gasteiger partial charge < -0.3 is 5.32 Å². The van der Waals surface area contributed by atoms with Gasteiger partial charge in [0.25, 0.3) is 0 Å². The number of anilines is 2. The van der Waals surface area contributed by atoms with E-state index in [-0.39, 0.29) is 0 Å². The molecule has 2 aromatic rings. The van der Waals surface area contributed by atoms with E-state index in [4.69, 9.17) is 0 Å². The minimum absolute atomic E-state index is 0.749. The highest BCUT2D eigenvalue weighted by Gasteiger charge is 2.04. The number of nitrogens with zero attached hydrogens (tertiary/aromatic N) is 4. The fraction of sp³-hybridized carbons (Fsp3) is 0.143. The lowest BCUT2D eigenvalue weighted by molar-refractivity contribution is 1.13. The molecule has 0 unspecified atom stereocenters. The summed E-state index contributed by atoms with van der Waals surface area (Å²) in [6.45, 7) is 1.85. The van der Waals surface area contributed by atoms with Gasteiger partial charge in [-0.15, -0.1) is 0 Å². The minimum atomic E-state index is 0.749. The first-order chi connectivity index (χ1) is 6.75. The second-order valence-electron chi connectivity index (χ2n) is 2.49. The van der Waals surface area contributed by atoms with E-state index in [1.807, 2.05) is 6.92 Å². The molecule has 5 nitrogen and oxygen atoms in total. The maximum absolute atomic E-state index is 4.18. The monoisotopic (exact) mass is 319 g/mol. The second-order valence-corrected chi connectivity index (χ2v) is 4.41. The lowest BCUT2D eigenvalue weighted by Crippen LogP contribution is -1.96. The van der Waals surface area contributed by atoms with Gasteiger partial charge in [-0.05, 0) is 29.5 Å². The standard InChI is InChI=1S/C7H6IN5S/c1-4-11-7(14-13-4)12-6-5(8)2-9-3-10-6/h2-3H,1H3,(H,9,10,11,12,13). The number of aromatic nitrogens is 4. The first-order valence-electron chi connectivity index (χ1n) is 3.78. The molecular weight excluding hydrogens is 313 g/mol. The molecule has 0 spiro atoms. The summed E-state index contributed by atoms with van der Waals surface area (Å²) >= 11 is 3.48. The molecule has 14 heavy (non-hydrogen) atoms. The third kappa shape index (κ3) is 2.15. The van der Waals surface area contributed by atoms with Crippen LogP contribution in [0, 0.1) is 10.5 Å². The molecule has 0 radical (unpaired) electrons. The highest BCUT2D eigenvalue weighted by Crippen LogP contribution is 2.19. The number of nitrogens with one attached hydrogen (secondary N) is 1. The smallest absolute Gasteiger partial charge is 0.208 e. The average Bonchev–Trinajstić information content (AvgIpc) is 2.56. The molecule has 0 saturated carbocycles. The molecule has 0 atom stereocenters. The van der Waals surface area contributed by atoms with Gasteiger partial charge in [0.05, 0.1) is 3.57 Å². The van der Waals surface area contributed by atoms with E-state index >= 15 is 0 Å². The molecule has 7 heteroatoms. The van der Waals surface area contributed by atoms with Crippen molar-refractivity contribution in [3.8, 4) is 0 Å². The van der Waals surface area contributed by atoms with Gasteiger partial charge in [-0.3, -0.25) is 0 Å². The van der Waals surface area contributed by atoms with Crippen molar-refractivity contribution < 1.29 is 0 Å². The topological polar surface area (TPSA) is 63.6 Å². The van der Waals surface area contributed by atoms with Crippen molar-refractivity contribution in [2.75, 3.05) is 5.32 Å². The zero-order chi connectivity index (χ0) is 9.97. The molecule has 0 fully saturated rings. The van der Waals surface area contributed by atoms with Crippen molar-refractivity contribution in [2.45, 2.75) is 6.92 Å². The quantitative estimate of drug-likeness (QED) is 0.858. The highest BCUT2D eigenvalue weighted by atomic mass is 127. The molecule has 0 amide bonds. The summed E-state index contributed by atoms with van der Waals surface area (Å²) in [5.74, 6) is 1.53. The zero-order valence-corrected chi connectivity index (χ0v) is 10.2. The molecule has 0 aromatic carbocycles. The molecule has 72 valence electrons. The van der Waals surface area contributed by atoms with Crippen molar-refractivity contribution in [3.05, 3.63) is 21.9 Å². The summed E-state index contributed by atoms with van der Waals surface area (Å²) in [4.78, 5) is 12.2. The van der Waals surface area contributed by atoms with Crippen LogP contribution in [0.4, 0.5) is 10.9 Å². The summed E-state index contributed by atoms with van der Waals surface area (Å²) in [7, 11) is 0. The molecular formula is C7H6IN5S. The first-order valence-corrected chi connectivity index (χ1v) is 5.64. The van der Waals surface area contributed by atoms with Crippen molar-refractivity contribution in [3.63, 3.8) is 0 Å². The van der Waals surface area contributed by atoms with Gasteiger partial charge in [0.2, 0.25) is 5.13 Å². The van der Waals surface area contributed by atoms with Crippen molar-refractivity contribution >= 4 is 45.1 Å². The Labute approximate surface area is 98.3 Å². The SMILES string of the molecule is Cc1nsc(Nc2ncncc2I)n1. The summed E-state index contributed by atoms with van der Waals surface area (Å²) in [6.07, 6.45) is 3.24. The number of hydrogen-bond acceptors (Lipinski definition) is 6. The Hall–Kier alpha value is -0.830. The van der Waals surface area contributed by atoms with Crippen LogP contribution in [0.2, 0.25) is 0 Å². The second kappa shape index (κ2) is 4.13. The van der Waals surface area contributed by atoms with Crippen molar-refractivity contribution in [1.82, 2.24) is 19.3 Å². The van der Waals surface area contributed by atoms with Gasteiger partial charge in [-0.25, -0.2) is 15.0 Å². The molecule has 2 rings (SSSR count). The lowest BCUT2D eigenvalue weighted by Gasteiger charge is -2.01. The number of halogens is 1. The average molecular weight is 319 g/mol. The van der Waals surface area contributed by atoms with Crippen molar-refractivity contribution in [2.24, 2.45) is 0 Å². The van der Waals surface area contributed by atoms with Crippen LogP contribution in [-0.4, -0.2) is 19.3 Å². The van der Waals surface area contributed by atoms with Crippen LogP contribution in [0.5, 0.6) is 0 Å². The van der Waals surface area contributed by atoms with Crippen LogP contribution in [0.3, 0.4) is 0 Å². The third-order valence-electron chi connectivity index (χ3n) is 1.42. The predicted octanol–water partition coefficient (Wildman–Crippen LogP) is 1.98. The minimum Gasteiger partial charge on any atom is -0.314 e. The van der Waals surface area contributed by atoms with E-state index in [0.29, 0.717) is 0 Å². The first kappa shape index (κ1) is 9.71. The van der Waals surface area contributed by atoms with Gasteiger partial charge in [0.15, 0.2) is 0 Å². The van der Waals surface area contributed by atoms with E-state index in [2.05, 4.69) is 47.2 Å². The molecule has 2 heterocycles. The predicted molar refractivity (Wildman–Crippen MR) is 62.7 cm³/mol. The van der Waals surface area contributed by atoms with Gasteiger partial charge >= 0.3 is 0 Å². The normalized spacial score (nSPS) is 10.1. The summed E-state index contributed by atoms with van der Waals surface area (Å²) in [5.41, 5.74) is 0. The Morgan fingerprint density at radius 1 is 1.50 bits per heavy atom. The Morgan fingerprint density at radius 2 is 2.36 bits per heavy atom. The van der Waals surface area contributed by atoms with E-state index in [0.717, 1.165) is 20.3 Å². The van der Waals surface area contributed by atoms with Crippen LogP contribution in [-0.2, 0) is 0 Å². The molecule has 2 aromatic heterocycles. The summed E-state index contributed by atoms with van der Waals surface area (Å²) in [6, 6.07) is 0. The van der Waals surface area contributed by atoms with Gasteiger partial charge in [0.1, 0.15) is 18.0 Å². The summed E-state index contributed by atoms with van der Waals surface area (Å²) in [5, 5.41) is 3.83. The van der Waals surface area contributed by atoms with Gasteiger partial charge in [0, 0.05) is 17.7 Å². The molecule has 0 aliphatic heterocycles.